The number of aromatic hydroxyl groups is 2. The van der Waals surface area contributed by atoms with Gasteiger partial charge in [0.15, 0.2) is 0 Å². The van der Waals surface area contributed by atoms with Gasteiger partial charge in [0.25, 0.3) is 0 Å². The Bertz CT molecular complexity index is 1760. The standard InChI is InChI=1S/C43H54F2O4/c1-40(2,3)26-42(7,8)29-15-18-35(46)32(24-29)33-25-31(45)16-20-37(33)48-21-12-22-49-39-34(43(9,10)27-41(4,5)6)17-19-36(47)38(39)28-13-11-14-30(44)23-28/h11,13-20,23-25,46-47H,12,21-22,26-27H2,1-10H3. The van der Waals surface area contributed by atoms with Gasteiger partial charge in [-0.2, -0.15) is 0 Å². The van der Waals surface area contributed by atoms with Crippen LogP contribution in [0.2, 0.25) is 0 Å². The van der Waals surface area contributed by atoms with E-state index in [1.807, 2.05) is 18.2 Å². The molecule has 6 heteroatoms. The molecule has 0 aromatic heterocycles. The molecule has 0 spiro atoms. The molecule has 0 heterocycles. The van der Waals surface area contributed by atoms with Gasteiger partial charge in [0.05, 0.1) is 18.8 Å². The topological polar surface area (TPSA) is 58.9 Å². The Labute approximate surface area is 292 Å². The number of halogens is 2. The maximum absolute atomic E-state index is 14.6. The molecule has 0 aliphatic rings. The molecule has 4 rings (SSSR count). The highest BCUT2D eigenvalue weighted by Crippen LogP contribution is 2.48. The van der Waals surface area contributed by atoms with Crippen LogP contribution in [-0.2, 0) is 10.8 Å². The highest BCUT2D eigenvalue weighted by Gasteiger charge is 2.32. The first kappa shape index (κ1) is 37.8. The summed E-state index contributed by atoms with van der Waals surface area (Å²) in [5.74, 6) is 0.196. The Hall–Kier alpha value is -4.06. The van der Waals surface area contributed by atoms with Crippen LogP contribution in [0.1, 0.15) is 99.6 Å². The molecule has 0 atom stereocenters. The van der Waals surface area contributed by atoms with Gasteiger partial charge in [0.1, 0.15) is 34.6 Å². The van der Waals surface area contributed by atoms with E-state index >= 15 is 0 Å². The van der Waals surface area contributed by atoms with Crippen molar-refractivity contribution in [3.05, 3.63) is 95.6 Å². The molecule has 2 N–H and O–H groups in total. The third-order valence-corrected chi connectivity index (χ3v) is 8.73. The average molecular weight is 673 g/mol. The maximum atomic E-state index is 14.6. The fraction of sp³-hybridized carbons (Fsp3) is 0.442. The van der Waals surface area contributed by atoms with Crippen LogP contribution < -0.4 is 9.47 Å². The Morgan fingerprint density at radius 3 is 1.86 bits per heavy atom. The molecule has 0 unspecified atom stereocenters. The molecule has 0 amide bonds. The summed E-state index contributed by atoms with van der Waals surface area (Å²) in [4.78, 5) is 0. The van der Waals surface area contributed by atoms with E-state index in [0.717, 1.165) is 24.0 Å². The van der Waals surface area contributed by atoms with Crippen molar-refractivity contribution in [1.82, 2.24) is 0 Å². The van der Waals surface area contributed by atoms with Gasteiger partial charge in [0.2, 0.25) is 0 Å². The molecule has 0 bridgehead atoms. The predicted molar refractivity (Wildman–Crippen MR) is 197 cm³/mol. The zero-order valence-electron chi connectivity index (χ0n) is 30.9. The monoisotopic (exact) mass is 672 g/mol. The summed E-state index contributed by atoms with van der Waals surface area (Å²) in [5.41, 5.74) is 3.55. The van der Waals surface area contributed by atoms with Crippen LogP contribution in [-0.4, -0.2) is 23.4 Å². The van der Waals surface area contributed by atoms with E-state index < -0.39 is 11.6 Å². The molecule has 4 aromatic rings. The van der Waals surface area contributed by atoms with Crippen molar-refractivity contribution in [2.75, 3.05) is 13.2 Å². The second-order valence-electron chi connectivity index (χ2n) is 17.0. The van der Waals surface area contributed by atoms with E-state index in [2.05, 4.69) is 69.2 Å². The van der Waals surface area contributed by atoms with Crippen molar-refractivity contribution in [3.63, 3.8) is 0 Å². The van der Waals surface area contributed by atoms with Crippen LogP contribution in [0.5, 0.6) is 23.0 Å². The largest absolute Gasteiger partial charge is 0.507 e. The minimum absolute atomic E-state index is 0.0100. The highest BCUT2D eigenvalue weighted by molar-refractivity contribution is 5.79. The van der Waals surface area contributed by atoms with Crippen molar-refractivity contribution >= 4 is 0 Å². The lowest BCUT2D eigenvalue weighted by molar-refractivity contribution is 0.237. The number of hydrogen-bond donors (Lipinski definition) is 2. The van der Waals surface area contributed by atoms with E-state index in [0.29, 0.717) is 40.2 Å². The molecule has 264 valence electrons. The summed E-state index contributed by atoms with van der Waals surface area (Å²) >= 11 is 0. The number of benzene rings is 4. The molecular formula is C43H54F2O4. The van der Waals surface area contributed by atoms with Crippen LogP contribution in [0.25, 0.3) is 22.3 Å². The van der Waals surface area contributed by atoms with E-state index in [1.165, 1.54) is 24.3 Å². The lowest BCUT2D eigenvalue weighted by atomic mass is 9.71. The van der Waals surface area contributed by atoms with Gasteiger partial charge in [0, 0.05) is 23.1 Å². The maximum Gasteiger partial charge on any atom is 0.134 e. The normalized spacial score (nSPS) is 12.7. The lowest BCUT2D eigenvalue weighted by Crippen LogP contribution is -2.26. The summed E-state index contributed by atoms with van der Waals surface area (Å²) < 4.78 is 41.7. The fourth-order valence-corrected chi connectivity index (χ4v) is 7.45. The van der Waals surface area contributed by atoms with Gasteiger partial charge in [-0.25, -0.2) is 8.78 Å². The zero-order valence-corrected chi connectivity index (χ0v) is 30.9. The van der Waals surface area contributed by atoms with E-state index in [-0.39, 0.29) is 46.4 Å². The van der Waals surface area contributed by atoms with Crippen molar-refractivity contribution in [1.29, 1.82) is 0 Å². The lowest BCUT2D eigenvalue weighted by Gasteiger charge is -2.35. The number of phenolic OH excluding ortho intramolecular Hbond substituents is 2. The third-order valence-electron chi connectivity index (χ3n) is 8.73. The highest BCUT2D eigenvalue weighted by atomic mass is 19.1. The number of ether oxygens (including phenoxy) is 2. The summed E-state index contributed by atoms with van der Waals surface area (Å²) in [5, 5.41) is 22.0. The molecule has 4 aromatic carbocycles. The number of rotatable bonds is 12. The van der Waals surface area contributed by atoms with E-state index in [9.17, 15) is 19.0 Å². The fourth-order valence-electron chi connectivity index (χ4n) is 7.45. The number of hydrogen-bond acceptors (Lipinski definition) is 4. The van der Waals surface area contributed by atoms with Crippen LogP contribution in [0.15, 0.2) is 72.8 Å². The van der Waals surface area contributed by atoms with Gasteiger partial charge in [-0.05, 0) is 94.2 Å². The molecular weight excluding hydrogens is 618 g/mol. The van der Waals surface area contributed by atoms with Crippen molar-refractivity contribution in [3.8, 4) is 45.3 Å². The van der Waals surface area contributed by atoms with Gasteiger partial charge in [-0.3, -0.25) is 0 Å². The minimum atomic E-state index is -0.427. The Morgan fingerprint density at radius 2 is 1.20 bits per heavy atom. The van der Waals surface area contributed by atoms with Crippen LogP contribution in [0.4, 0.5) is 8.78 Å². The minimum Gasteiger partial charge on any atom is -0.507 e. The predicted octanol–water partition coefficient (Wildman–Crippen LogP) is 12.0. The quantitative estimate of drug-likeness (QED) is 0.147. The first-order chi connectivity index (χ1) is 22.7. The molecule has 0 aliphatic heterocycles. The number of phenols is 2. The first-order valence-corrected chi connectivity index (χ1v) is 17.2. The van der Waals surface area contributed by atoms with Gasteiger partial charge in [-0.1, -0.05) is 93.5 Å². The first-order valence-electron chi connectivity index (χ1n) is 17.2. The molecule has 4 nitrogen and oxygen atoms in total. The average Bonchev–Trinajstić information content (AvgIpc) is 2.95. The second kappa shape index (κ2) is 14.4. The molecule has 0 aliphatic carbocycles. The van der Waals surface area contributed by atoms with Gasteiger partial charge < -0.3 is 19.7 Å². The SMILES string of the molecule is CC(C)(C)CC(C)(C)c1ccc(O)c(-c2cc(F)ccc2OCCCOc2c(C(C)(C)CC(C)(C)C)ccc(O)c2-c2cccc(F)c2)c1. The van der Waals surface area contributed by atoms with Crippen LogP contribution in [0.3, 0.4) is 0 Å². The van der Waals surface area contributed by atoms with Gasteiger partial charge in [-0.15, -0.1) is 0 Å². The summed E-state index contributed by atoms with van der Waals surface area (Å²) in [6.45, 7) is 22.3. The Balaban J connectivity index is 1.60. The van der Waals surface area contributed by atoms with Crippen molar-refractivity contribution < 1.29 is 28.5 Å². The Kier molecular flexibility index (Phi) is 11.1. The zero-order chi connectivity index (χ0) is 36.4. The molecule has 49 heavy (non-hydrogen) atoms. The second-order valence-corrected chi connectivity index (χ2v) is 17.0. The molecule has 0 fully saturated rings. The van der Waals surface area contributed by atoms with E-state index in [1.54, 1.807) is 30.3 Å². The summed E-state index contributed by atoms with van der Waals surface area (Å²) in [6.07, 6.45) is 2.24. The van der Waals surface area contributed by atoms with Gasteiger partial charge >= 0.3 is 0 Å². The smallest absolute Gasteiger partial charge is 0.134 e. The Morgan fingerprint density at radius 1 is 0.592 bits per heavy atom. The molecule has 0 radical (unpaired) electrons. The summed E-state index contributed by atoms with van der Waals surface area (Å²) in [7, 11) is 0. The van der Waals surface area contributed by atoms with E-state index in [4.69, 9.17) is 9.47 Å². The summed E-state index contributed by atoms with van der Waals surface area (Å²) in [6, 6.07) is 19.6. The van der Waals surface area contributed by atoms with Crippen molar-refractivity contribution in [2.45, 2.75) is 99.3 Å². The molecule has 0 saturated heterocycles. The van der Waals surface area contributed by atoms with Crippen molar-refractivity contribution in [2.24, 2.45) is 10.8 Å². The van der Waals surface area contributed by atoms with Crippen LogP contribution >= 0.6 is 0 Å². The molecule has 0 saturated carbocycles. The third kappa shape index (κ3) is 9.77. The van der Waals surface area contributed by atoms with Crippen LogP contribution in [0, 0.1) is 22.5 Å².